The van der Waals surface area contributed by atoms with Crippen LogP contribution in [0.1, 0.15) is 5.56 Å². The fraction of sp³-hybridized carbons (Fsp3) is 0.214. The number of ether oxygens (including phenoxy) is 2. The van der Waals surface area contributed by atoms with E-state index < -0.39 is 6.10 Å². The number of nitrogens with zero attached hydrogens (tertiary/aromatic N) is 3. The lowest BCUT2D eigenvalue weighted by Crippen LogP contribution is -2.40. The van der Waals surface area contributed by atoms with Gasteiger partial charge in [-0.2, -0.15) is 10.4 Å². The number of aryl methyl sites for hydroxylation is 1. The third-order valence-corrected chi connectivity index (χ3v) is 3.10. The minimum absolute atomic E-state index is 0.114. The van der Waals surface area contributed by atoms with E-state index >= 15 is 0 Å². The second-order valence-corrected chi connectivity index (χ2v) is 4.50. The zero-order valence-electron chi connectivity index (χ0n) is 11.2. The lowest BCUT2D eigenvalue weighted by molar-refractivity contribution is -0.125. The number of benzene rings is 1. The number of para-hydroxylation sites is 2. The maximum atomic E-state index is 12.2. The molecule has 1 aromatic carbocycles. The van der Waals surface area contributed by atoms with Crippen molar-refractivity contribution >= 4 is 11.7 Å². The van der Waals surface area contributed by atoms with E-state index in [1.165, 1.54) is 10.9 Å². The Hall–Kier alpha value is -3.01. The van der Waals surface area contributed by atoms with Crippen LogP contribution in [0.15, 0.2) is 30.5 Å². The summed E-state index contributed by atoms with van der Waals surface area (Å²) >= 11 is 0. The van der Waals surface area contributed by atoms with Crippen molar-refractivity contribution in [2.24, 2.45) is 7.05 Å². The first-order chi connectivity index (χ1) is 10.2. The third kappa shape index (κ3) is 2.39. The van der Waals surface area contributed by atoms with Gasteiger partial charge in [0.15, 0.2) is 11.5 Å². The van der Waals surface area contributed by atoms with Crippen LogP contribution in [0.5, 0.6) is 11.5 Å². The largest absolute Gasteiger partial charge is 0.485 e. The highest BCUT2D eigenvalue weighted by Crippen LogP contribution is 2.31. The van der Waals surface area contributed by atoms with Gasteiger partial charge in [0.2, 0.25) is 6.10 Å². The first kappa shape index (κ1) is 13.0. The van der Waals surface area contributed by atoms with E-state index in [1.807, 2.05) is 12.1 Å². The van der Waals surface area contributed by atoms with Gasteiger partial charge >= 0.3 is 0 Å². The summed E-state index contributed by atoms with van der Waals surface area (Å²) in [6, 6.07) is 9.12. The van der Waals surface area contributed by atoms with Crippen molar-refractivity contribution in [1.82, 2.24) is 9.78 Å². The molecule has 1 aromatic heterocycles. The molecule has 1 amide bonds. The number of hydrogen-bond donors (Lipinski definition) is 1. The van der Waals surface area contributed by atoms with Crippen LogP contribution in [0.4, 0.5) is 5.82 Å². The number of nitrogens with one attached hydrogen (secondary N) is 1. The van der Waals surface area contributed by atoms with Crippen LogP contribution in [0.2, 0.25) is 0 Å². The summed E-state index contributed by atoms with van der Waals surface area (Å²) in [6.45, 7) is 0.114. The first-order valence-electron chi connectivity index (χ1n) is 6.30. The topological polar surface area (TPSA) is 89.2 Å². The number of nitriles is 1. The summed E-state index contributed by atoms with van der Waals surface area (Å²) < 4.78 is 12.5. The summed E-state index contributed by atoms with van der Waals surface area (Å²) in [7, 11) is 1.64. The van der Waals surface area contributed by atoms with Crippen LogP contribution in [-0.4, -0.2) is 28.4 Å². The molecule has 1 unspecified atom stereocenters. The molecule has 106 valence electrons. The molecule has 0 radical (unpaired) electrons. The zero-order valence-corrected chi connectivity index (χ0v) is 11.2. The summed E-state index contributed by atoms with van der Waals surface area (Å²) in [5, 5.41) is 15.5. The molecule has 1 aliphatic rings. The van der Waals surface area contributed by atoms with Gasteiger partial charge in [0.25, 0.3) is 5.91 Å². The Bertz CT molecular complexity index is 732. The smallest absolute Gasteiger partial charge is 0.270 e. The number of fused-ring (bicyclic) bond motifs is 1. The highest BCUT2D eigenvalue weighted by atomic mass is 16.6. The Morgan fingerprint density at radius 2 is 2.24 bits per heavy atom. The fourth-order valence-corrected chi connectivity index (χ4v) is 2.01. The minimum Gasteiger partial charge on any atom is -0.485 e. The lowest BCUT2D eigenvalue weighted by Gasteiger charge is -2.25. The van der Waals surface area contributed by atoms with Gasteiger partial charge in [0.05, 0.1) is 6.20 Å². The van der Waals surface area contributed by atoms with E-state index in [4.69, 9.17) is 14.7 Å². The van der Waals surface area contributed by atoms with Crippen LogP contribution < -0.4 is 14.8 Å². The monoisotopic (exact) mass is 284 g/mol. The molecule has 0 aliphatic carbocycles. The summed E-state index contributed by atoms with van der Waals surface area (Å²) in [5.74, 6) is 1.09. The standard InChI is InChI=1S/C14H12N4O3/c1-18-13(9(6-15)7-16-18)17-14(19)12-8-20-10-4-2-3-5-11(10)21-12/h2-5,7,12H,8H2,1H3,(H,17,19). The van der Waals surface area contributed by atoms with Crippen LogP contribution in [0.3, 0.4) is 0 Å². The van der Waals surface area contributed by atoms with Gasteiger partial charge in [-0.15, -0.1) is 0 Å². The molecule has 1 N–H and O–H groups in total. The molecule has 0 saturated heterocycles. The van der Waals surface area contributed by atoms with E-state index in [2.05, 4.69) is 10.4 Å². The fourth-order valence-electron chi connectivity index (χ4n) is 2.01. The number of aromatic nitrogens is 2. The number of carbonyl (C=O) groups is 1. The van der Waals surface area contributed by atoms with Crippen LogP contribution in [-0.2, 0) is 11.8 Å². The average Bonchev–Trinajstić information content (AvgIpc) is 2.87. The van der Waals surface area contributed by atoms with Gasteiger partial charge in [-0.05, 0) is 12.1 Å². The van der Waals surface area contributed by atoms with Gasteiger partial charge in [-0.3, -0.25) is 9.48 Å². The molecule has 2 heterocycles. The molecule has 7 heteroatoms. The summed E-state index contributed by atoms with van der Waals surface area (Å²) in [5.41, 5.74) is 0.294. The first-order valence-corrected chi connectivity index (χ1v) is 6.30. The predicted octanol–water partition coefficient (Wildman–Crippen LogP) is 1.07. The van der Waals surface area contributed by atoms with E-state index in [0.29, 0.717) is 22.9 Å². The van der Waals surface area contributed by atoms with E-state index in [0.717, 1.165) is 0 Å². The molecule has 1 aliphatic heterocycles. The van der Waals surface area contributed by atoms with Crippen molar-refractivity contribution in [3.63, 3.8) is 0 Å². The molecule has 7 nitrogen and oxygen atoms in total. The lowest BCUT2D eigenvalue weighted by atomic mass is 10.2. The third-order valence-electron chi connectivity index (χ3n) is 3.10. The molecule has 0 saturated carbocycles. The maximum Gasteiger partial charge on any atom is 0.270 e. The van der Waals surface area contributed by atoms with Crippen molar-refractivity contribution in [2.45, 2.75) is 6.10 Å². The average molecular weight is 284 g/mol. The molecule has 0 bridgehead atoms. The molecule has 0 spiro atoms. The van der Waals surface area contributed by atoms with Gasteiger partial charge in [-0.1, -0.05) is 12.1 Å². The highest BCUT2D eigenvalue weighted by Gasteiger charge is 2.28. The second kappa shape index (κ2) is 5.17. The second-order valence-electron chi connectivity index (χ2n) is 4.50. The van der Waals surface area contributed by atoms with E-state index in [9.17, 15) is 4.79 Å². The molecule has 2 aromatic rings. The predicted molar refractivity (Wildman–Crippen MR) is 72.9 cm³/mol. The van der Waals surface area contributed by atoms with Gasteiger partial charge < -0.3 is 14.8 Å². The zero-order chi connectivity index (χ0) is 14.8. The van der Waals surface area contributed by atoms with Gasteiger partial charge in [0.1, 0.15) is 24.1 Å². The van der Waals surface area contributed by atoms with Gasteiger partial charge in [0, 0.05) is 7.05 Å². The van der Waals surface area contributed by atoms with Crippen molar-refractivity contribution < 1.29 is 14.3 Å². The van der Waals surface area contributed by atoms with Crippen molar-refractivity contribution in [1.29, 1.82) is 5.26 Å². The number of hydrogen-bond acceptors (Lipinski definition) is 5. The summed E-state index contributed by atoms with van der Waals surface area (Å²) in [4.78, 5) is 12.2. The quantitative estimate of drug-likeness (QED) is 0.891. The van der Waals surface area contributed by atoms with Crippen molar-refractivity contribution in [3.05, 3.63) is 36.0 Å². The van der Waals surface area contributed by atoms with Gasteiger partial charge in [-0.25, -0.2) is 0 Å². The van der Waals surface area contributed by atoms with Crippen molar-refractivity contribution in [3.8, 4) is 17.6 Å². The van der Waals surface area contributed by atoms with E-state index in [-0.39, 0.29) is 12.5 Å². The molecule has 21 heavy (non-hydrogen) atoms. The molecule has 0 fully saturated rings. The highest BCUT2D eigenvalue weighted by molar-refractivity contribution is 5.95. The Labute approximate surface area is 120 Å². The molecular formula is C14H12N4O3. The number of amides is 1. The van der Waals surface area contributed by atoms with E-state index in [1.54, 1.807) is 25.2 Å². The Morgan fingerprint density at radius 1 is 1.48 bits per heavy atom. The van der Waals surface area contributed by atoms with Crippen LogP contribution >= 0.6 is 0 Å². The Balaban J connectivity index is 1.76. The number of carbonyl (C=O) groups excluding carboxylic acids is 1. The Morgan fingerprint density at radius 3 is 3.00 bits per heavy atom. The summed E-state index contributed by atoms with van der Waals surface area (Å²) in [6.07, 6.45) is 0.615. The molecular weight excluding hydrogens is 272 g/mol. The normalized spacial score (nSPS) is 16.1. The van der Waals surface area contributed by atoms with Crippen LogP contribution in [0.25, 0.3) is 0 Å². The minimum atomic E-state index is -0.777. The SMILES string of the molecule is Cn1ncc(C#N)c1NC(=O)C1COc2ccccc2O1. The maximum absolute atomic E-state index is 12.2. The molecule has 3 rings (SSSR count). The molecule has 1 atom stereocenters. The number of anilines is 1. The Kier molecular flexibility index (Phi) is 3.20. The number of rotatable bonds is 2. The van der Waals surface area contributed by atoms with Crippen molar-refractivity contribution in [2.75, 3.05) is 11.9 Å². The van der Waals surface area contributed by atoms with Crippen LogP contribution in [0, 0.1) is 11.3 Å².